The van der Waals surface area contributed by atoms with Crippen LogP contribution in [0.25, 0.3) is 5.65 Å². The Hall–Kier alpha value is -2.67. The van der Waals surface area contributed by atoms with Crippen LogP contribution in [0.15, 0.2) is 42.9 Å². The number of hydrogen-bond acceptors (Lipinski definition) is 4. The lowest BCUT2D eigenvalue weighted by Gasteiger charge is -2.16. The SMILES string of the molecule is CN(C(=O)c1ccc(C(=O)O)s1)c1ccn2ccnc2c1. The molecule has 3 aromatic rings. The van der Waals surface area contributed by atoms with Gasteiger partial charge in [0.05, 0.1) is 4.88 Å². The molecule has 0 radical (unpaired) electrons. The number of pyridine rings is 1. The fourth-order valence-corrected chi connectivity index (χ4v) is 2.78. The van der Waals surface area contributed by atoms with E-state index in [9.17, 15) is 9.59 Å². The number of hydrogen-bond donors (Lipinski definition) is 1. The van der Waals surface area contributed by atoms with Crippen LogP contribution in [0.5, 0.6) is 0 Å². The molecule has 106 valence electrons. The van der Waals surface area contributed by atoms with Gasteiger partial charge in [0.1, 0.15) is 10.5 Å². The van der Waals surface area contributed by atoms with E-state index in [1.807, 2.05) is 16.8 Å². The molecule has 3 heterocycles. The van der Waals surface area contributed by atoms with Crippen LogP contribution in [-0.2, 0) is 0 Å². The summed E-state index contributed by atoms with van der Waals surface area (Å²) < 4.78 is 1.84. The molecule has 3 rings (SSSR count). The molecule has 0 spiro atoms. The summed E-state index contributed by atoms with van der Waals surface area (Å²) in [5.74, 6) is -1.27. The standard InChI is InChI=1S/C14H11N3O3S/c1-16(9-4-6-17-7-5-15-12(17)8-9)13(18)10-2-3-11(21-10)14(19)20/h2-8H,1H3,(H,19,20). The van der Waals surface area contributed by atoms with Crippen molar-refractivity contribution in [3.8, 4) is 0 Å². The fraction of sp³-hybridized carbons (Fsp3) is 0.0714. The molecule has 0 aromatic carbocycles. The normalized spacial score (nSPS) is 10.7. The van der Waals surface area contributed by atoms with Gasteiger partial charge in [0, 0.05) is 37.4 Å². The van der Waals surface area contributed by atoms with E-state index in [2.05, 4.69) is 4.98 Å². The van der Waals surface area contributed by atoms with Gasteiger partial charge in [-0.15, -0.1) is 11.3 Å². The highest BCUT2D eigenvalue weighted by Crippen LogP contribution is 2.22. The highest BCUT2D eigenvalue weighted by atomic mass is 32.1. The van der Waals surface area contributed by atoms with Crippen molar-refractivity contribution in [2.24, 2.45) is 0 Å². The molecule has 0 saturated carbocycles. The van der Waals surface area contributed by atoms with Crippen molar-refractivity contribution in [3.05, 3.63) is 52.6 Å². The molecular formula is C14H11N3O3S. The maximum atomic E-state index is 12.4. The van der Waals surface area contributed by atoms with Gasteiger partial charge >= 0.3 is 5.97 Å². The van der Waals surface area contributed by atoms with Gasteiger partial charge < -0.3 is 14.4 Å². The van der Waals surface area contributed by atoms with Crippen molar-refractivity contribution in [3.63, 3.8) is 0 Å². The summed E-state index contributed by atoms with van der Waals surface area (Å²) >= 11 is 0.966. The number of amides is 1. The predicted molar refractivity (Wildman–Crippen MR) is 79.2 cm³/mol. The van der Waals surface area contributed by atoms with E-state index in [0.29, 0.717) is 10.6 Å². The molecule has 0 saturated heterocycles. The number of carbonyl (C=O) groups excluding carboxylic acids is 1. The average Bonchev–Trinajstić information content (AvgIpc) is 3.13. The number of nitrogens with zero attached hydrogens (tertiary/aromatic N) is 3. The van der Waals surface area contributed by atoms with Gasteiger partial charge in [-0.2, -0.15) is 0 Å². The number of fused-ring (bicyclic) bond motifs is 1. The fourth-order valence-electron chi connectivity index (χ4n) is 1.96. The lowest BCUT2D eigenvalue weighted by molar-refractivity contribution is 0.0702. The number of anilines is 1. The van der Waals surface area contributed by atoms with Crippen LogP contribution in [-0.4, -0.2) is 33.4 Å². The molecule has 1 N–H and O–H groups in total. The minimum atomic E-state index is -1.03. The second kappa shape index (κ2) is 5.02. The second-order valence-electron chi connectivity index (χ2n) is 4.41. The van der Waals surface area contributed by atoms with E-state index in [-0.39, 0.29) is 10.8 Å². The third-order valence-corrected chi connectivity index (χ3v) is 4.16. The molecule has 6 nitrogen and oxygen atoms in total. The number of rotatable bonds is 3. The summed E-state index contributed by atoms with van der Waals surface area (Å²) in [6, 6.07) is 6.56. The topological polar surface area (TPSA) is 74.9 Å². The molecule has 21 heavy (non-hydrogen) atoms. The molecular weight excluding hydrogens is 290 g/mol. The Kier molecular flexibility index (Phi) is 3.19. The molecule has 0 aliphatic carbocycles. The van der Waals surface area contributed by atoms with Gasteiger partial charge in [0.25, 0.3) is 5.91 Å². The average molecular weight is 301 g/mol. The molecule has 0 aliphatic heterocycles. The molecule has 0 unspecified atom stereocenters. The quantitative estimate of drug-likeness (QED) is 0.806. The van der Waals surface area contributed by atoms with Crippen molar-refractivity contribution in [1.29, 1.82) is 0 Å². The first-order chi connectivity index (χ1) is 10.1. The van der Waals surface area contributed by atoms with Gasteiger partial charge in [-0.1, -0.05) is 0 Å². The van der Waals surface area contributed by atoms with Crippen LogP contribution in [0.1, 0.15) is 19.3 Å². The van der Waals surface area contributed by atoms with Crippen LogP contribution in [0.4, 0.5) is 5.69 Å². The monoisotopic (exact) mass is 301 g/mol. The van der Waals surface area contributed by atoms with Crippen LogP contribution < -0.4 is 4.90 Å². The third-order valence-electron chi connectivity index (χ3n) is 3.10. The highest BCUT2D eigenvalue weighted by molar-refractivity contribution is 7.16. The van der Waals surface area contributed by atoms with Crippen LogP contribution in [0.3, 0.4) is 0 Å². The van der Waals surface area contributed by atoms with Gasteiger partial charge in [-0.25, -0.2) is 9.78 Å². The van der Waals surface area contributed by atoms with Gasteiger partial charge in [0.15, 0.2) is 0 Å². The summed E-state index contributed by atoms with van der Waals surface area (Å²) in [5.41, 5.74) is 1.44. The maximum Gasteiger partial charge on any atom is 0.345 e. The summed E-state index contributed by atoms with van der Waals surface area (Å²) in [7, 11) is 1.65. The molecule has 1 amide bonds. The van der Waals surface area contributed by atoms with Crippen molar-refractivity contribution in [1.82, 2.24) is 9.38 Å². The Bertz CT molecular complexity index is 837. The van der Waals surface area contributed by atoms with Gasteiger partial charge in [-0.05, 0) is 18.2 Å². The van der Waals surface area contributed by atoms with E-state index in [4.69, 9.17) is 5.11 Å². The Morgan fingerprint density at radius 1 is 1.24 bits per heavy atom. The smallest absolute Gasteiger partial charge is 0.345 e. The first-order valence-corrected chi connectivity index (χ1v) is 6.92. The lowest BCUT2D eigenvalue weighted by Crippen LogP contribution is -2.25. The minimum absolute atomic E-state index is 0.149. The number of aromatic carboxylic acids is 1. The van der Waals surface area contributed by atoms with E-state index >= 15 is 0 Å². The van der Waals surface area contributed by atoms with E-state index < -0.39 is 5.97 Å². The van der Waals surface area contributed by atoms with Crippen molar-refractivity contribution in [2.45, 2.75) is 0 Å². The van der Waals surface area contributed by atoms with E-state index in [0.717, 1.165) is 17.0 Å². The molecule has 0 aliphatic rings. The Labute approximate surface area is 123 Å². The Morgan fingerprint density at radius 3 is 2.71 bits per heavy atom. The number of carboxylic acids is 1. The predicted octanol–water partition coefficient (Wildman–Crippen LogP) is 2.37. The molecule has 0 fully saturated rings. The molecule has 3 aromatic heterocycles. The Morgan fingerprint density at radius 2 is 2.00 bits per heavy atom. The van der Waals surface area contributed by atoms with Crippen LogP contribution >= 0.6 is 11.3 Å². The third kappa shape index (κ3) is 2.38. The number of aromatic nitrogens is 2. The van der Waals surface area contributed by atoms with Gasteiger partial charge in [0.2, 0.25) is 0 Å². The van der Waals surface area contributed by atoms with Crippen molar-refractivity contribution < 1.29 is 14.7 Å². The molecule has 0 bridgehead atoms. The number of imidazole rings is 1. The van der Waals surface area contributed by atoms with E-state index in [1.165, 1.54) is 17.0 Å². The first-order valence-electron chi connectivity index (χ1n) is 6.10. The summed E-state index contributed by atoms with van der Waals surface area (Å²) in [6.07, 6.45) is 5.32. The lowest BCUT2D eigenvalue weighted by atomic mass is 10.3. The van der Waals surface area contributed by atoms with Crippen molar-refractivity contribution in [2.75, 3.05) is 11.9 Å². The minimum Gasteiger partial charge on any atom is -0.477 e. The second-order valence-corrected chi connectivity index (χ2v) is 5.49. The zero-order valence-electron chi connectivity index (χ0n) is 11.1. The largest absolute Gasteiger partial charge is 0.477 e. The number of carboxylic acid groups (broad SMARTS) is 1. The van der Waals surface area contributed by atoms with E-state index in [1.54, 1.807) is 25.4 Å². The van der Waals surface area contributed by atoms with Crippen molar-refractivity contribution >= 4 is 34.5 Å². The molecule has 0 atom stereocenters. The molecule has 7 heteroatoms. The first kappa shape index (κ1) is 13.3. The Balaban J connectivity index is 1.90. The highest BCUT2D eigenvalue weighted by Gasteiger charge is 2.18. The summed E-state index contributed by atoms with van der Waals surface area (Å²) in [4.78, 5) is 29.4. The maximum absolute atomic E-state index is 12.4. The van der Waals surface area contributed by atoms with Crippen LogP contribution in [0.2, 0.25) is 0 Å². The summed E-state index contributed by atoms with van der Waals surface area (Å²) in [6.45, 7) is 0. The number of carbonyl (C=O) groups is 2. The van der Waals surface area contributed by atoms with Gasteiger partial charge in [-0.3, -0.25) is 4.79 Å². The zero-order chi connectivity index (χ0) is 15.0. The van der Waals surface area contributed by atoms with Crippen LogP contribution in [0, 0.1) is 0 Å². The summed E-state index contributed by atoms with van der Waals surface area (Å²) in [5, 5.41) is 8.90. The zero-order valence-corrected chi connectivity index (χ0v) is 11.9. The number of thiophene rings is 1.